The van der Waals surface area contributed by atoms with Gasteiger partial charge in [-0.3, -0.25) is 10.5 Å². The molecular weight excluding hydrogens is 266 g/mol. The molecule has 1 aliphatic heterocycles. The Kier molecular flexibility index (Phi) is 4.95. The first-order chi connectivity index (χ1) is 9.95. The Morgan fingerprint density at radius 2 is 2.10 bits per heavy atom. The zero-order valence-corrected chi connectivity index (χ0v) is 13.1. The number of rotatable bonds is 4. The molecule has 1 saturated heterocycles. The minimum Gasteiger partial charge on any atom is -0.387 e. The van der Waals surface area contributed by atoms with Crippen molar-refractivity contribution in [3.05, 3.63) is 11.8 Å². The summed E-state index contributed by atoms with van der Waals surface area (Å²) >= 11 is 0. The highest BCUT2D eigenvalue weighted by atomic mass is 15.3. The van der Waals surface area contributed by atoms with Crippen molar-refractivity contribution in [3.8, 4) is 0 Å². The summed E-state index contributed by atoms with van der Waals surface area (Å²) in [6.45, 7) is 7.90. The van der Waals surface area contributed by atoms with Crippen LogP contribution in [0, 0.1) is 5.41 Å². The topological polar surface area (TPSA) is 97.4 Å². The van der Waals surface area contributed by atoms with Crippen LogP contribution in [0.5, 0.6) is 0 Å². The third-order valence-corrected chi connectivity index (χ3v) is 3.70. The predicted octanol–water partition coefficient (Wildman–Crippen LogP) is 1.14. The van der Waals surface area contributed by atoms with Gasteiger partial charge in [0.05, 0.1) is 6.42 Å². The standard InChI is InChI=1S/C14H25N7/c1-10(2)11-8-14(19-18-11)17-12(15)9-13(16)21-6-4-20(3)5-7-21/h8,10,16H,4-7,9H2,1-3H3,(H3,15,17,18,19). The number of hydrogen-bond donors (Lipinski definition) is 3. The van der Waals surface area contributed by atoms with Gasteiger partial charge in [-0.2, -0.15) is 5.10 Å². The summed E-state index contributed by atoms with van der Waals surface area (Å²) in [6, 6.07) is 1.90. The maximum atomic E-state index is 8.14. The van der Waals surface area contributed by atoms with Crippen LogP contribution in [0.2, 0.25) is 0 Å². The lowest BCUT2D eigenvalue weighted by molar-refractivity contribution is 0.213. The van der Waals surface area contributed by atoms with E-state index in [1.165, 1.54) is 0 Å². The van der Waals surface area contributed by atoms with Crippen LogP contribution in [0.4, 0.5) is 5.82 Å². The quantitative estimate of drug-likeness (QED) is 0.572. The van der Waals surface area contributed by atoms with Crippen LogP contribution in [-0.4, -0.2) is 64.9 Å². The monoisotopic (exact) mass is 291 g/mol. The van der Waals surface area contributed by atoms with E-state index in [9.17, 15) is 0 Å². The number of piperazine rings is 1. The maximum Gasteiger partial charge on any atom is 0.175 e. The van der Waals surface area contributed by atoms with Gasteiger partial charge >= 0.3 is 0 Å². The molecule has 1 aromatic rings. The van der Waals surface area contributed by atoms with Gasteiger partial charge in [0.25, 0.3) is 0 Å². The van der Waals surface area contributed by atoms with Gasteiger partial charge in [-0.15, -0.1) is 0 Å². The van der Waals surface area contributed by atoms with E-state index in [0.29, 0.717) is 29.8 Å². The minimum absolute atomic E-state index is 0.369. The van der Waals surface area contributed by atoms with E-state index in [4.69, 9.17) is 11.1 Å². The van der Waals surface area contributed by atoms with E-state index in [1.54, 1.807) is 0 Å². The van der Waals surface area contributed by atoms with Crippen LogP contribution in [0.25, 0.3) is 0 Å². The molecule has 116 valence electrons. The molecule has 2 heterocycles. The van der Waals surface area contributed by atoms with Crippen molar-refractivity contribution in [3.63, 3.8) is 0 Å². The molecule has 0 spiro atoms. The summed E-state index contributed by atoms with van der Waals surface area (Å²) in [5.74, 6) is 1.93. The Morgan fingerprint density at radius 3 is 2.67 bits per heavy atom. The maximum absolute atomic E-state index is 8.14. The third-order valence-electron chi connectivity index (χ3n) is 3.70. The van der Waals surface area contributed by atoms with Crippen LogP contribution < -0.4 is 5.73 Å². The van der Waals surface area contributed by atoms with Crippen molar-refractivity contribution >= 4 is 17.5 Å². The summed E-state index contributed by atoms with van der Waals surface area (Å²) in [5, 5.41) is 15.2. The van der Waals surface area contributed by atoms with Gasteiger partial charge in [-0.25, -0.2) is 4.99 Å². The Hall–Kier alpha value is -1.89. The number of nitrogens with one attached hydrogen (secondary N) is 2. The zero-order chi connectivity index (χ0) is 15.4. The molecule has 1 fully saturated rings. The second kappa shape index (κ2) is 6.71. The fraction of sp³-hybridized carbons (Fsp3) is 0.643. The van der Waals surface area contributed by atoms with Crippen LogP contribution in [-0.2, 0) is 0 Å². The first kappa shape index (κ1) is 15.5. The number of aromatic amines is 1. The summed E-state index contributed by atoms with van der Waals surface area (Å²) in [7, 11) is 2.10. The Morgan fingerprint density at radius 1 is 1.43 bits per heavy atom. The average molecular weight is 291 g/mol. The fourth-order valence-electron chi connectivity index (χ4n) is 2.22. The Labute approximate surface area is 125 Å². The molecule has 0 radical (unpaired) electrons. The van der Waals surface area contributed by atoms with Crippen molar-refractivity contribution in [2.24, 2.45) is 10.7 Å². The van der Waals surface area contributed by atoms with Crippen molar-refractivity contribution in [1.82, 2.24) is 20.0 Å². The molecule has 7 heteroatoms. The molecule has 0 aliphatic carbocycles. The van der Waals surface area contributed by atoms with Gasteiger partial charge in [0, 0.05) is 37.9 Å². The average Bonchev–Trinajstić information content (AvgIpc) is 2.87. The van der Waals surface area contributed by atoms with Gasteiger partial charge in [0.2, 0.25) is 0 Å². The van der Waals surface area contributed by atoms with Gasteiger partial charge < -0.3 is 15.5 Å². The lowest BCUT2D eigenvalue weighted by atomic mass is 10.1. The van der Waals surface area contributed by atoms with E-state index in [2.05, 4.69) is 45.9 Å². The Bertz CT molecular complexity index is 509. The third kappa shape index (κ3) is 4.29. The van der Waals surface area contributed by atoms with Crippen molar-refractivity contribution in [2.75, 3.05) is 33.2 Å². The molecule has 21 heavy (non-hydrogen) atoms. The number of aliphatic imine (C=N–C) groups is 1. The van der Waals surface area contributed by atoms with Crippen LogP contribution in [0.3, 0.4) is 0 Å². The predicted molar refractivity (Wildman–Crippen MR) is 85.4 cm³/mol. The van der Waals surface area contributed by atoms with Crippen molar-refractivity contribution in [2.45, 2.75) is 26.2 Å². The van der Waals surface area contributed by atoms with Crippen molar-refractivity contribution in [1.29, 1.82) is 5.41 Å². The molecule has 0 aromatic carbocycles. The second-order valence-electron chi connectivity index (χ2n) is 5.85. The van der Waals surface area contributed by atoms with Gasteiger partial charge in [0.15, 0.2) is 5.82 Å². The molecule has 0 amide bonds. The molecule has 4 N–H and O–H groups in total. The van der Waals surface area contributed by atoms with Gasteiger partial charge in [0.1, 0.15) is 11.7 Å². The van der Waals surface area contributed by atoms with Crippen LogP contribution >= 0.6 is 0 Å². The second-order valence-corrected chi connectivity index (χ2v) is 5.85. The number of amidine groups is 2. The van der Waals surface area contributed by atoms with E-state index in [0.717, 1.165) is 31.9 Å². The first-order valence-electron chi connectivity index (χ1n) is 7.35. The molecule has 7 nitrogen and oxygen atoms in total. The molecule has 0 atom stereocenters. The van der Waals surface area contributed by atoms with Gasteiger partial charge in [-0.05, 0) is 13.0 Å². The highest BCUT2D eigenvalue weighted by Crippen LogP contribution is 2.17. The highest BCUT2D eigenvalue weighted by Gasteiger charge is 2.17. The lowest BCUT2D eigenvalue weighted by Gasteiger charge is -2.34. The zero-order valence-electron chi connectivity index (χ0n) is 13.1. The first-order valence-corrected chi connectivity index (χ1v) is 7.35. The summed E-state index contributed by atoms with van der Waals surface area (Å²) in [6.07, 6.45) is 0.369. The largest absolute Gasteiger partial charge is 0.387 e. The fourth-order valence-corrected chi connectivity index (χ4v) is 2.22. The number of likely N-dealkylation sites (N-methyl/N-ethyl adjacent to an activating group) is 1. The summed E-state index contributed by atoms with van der Waals surface area (Å²) in [5.41, 5.74) is 6.98. The number of hydrogen-bond acceptors (Lipinski definition) is 4. The van der Waals surface area contributed by atoms with E-state index >= 15 is 0 Å². The Balaban J connectivity index is 1.91. The number of nitrogens with zero attached hydrogens (tertiary/aromatic N) is 4. The molecular formula is C14H25N7. The molecule has 1 aliphatic rings. The summed E-state index contributed by atoms with van der Waals surface area (Å²) < 4.78 is 0. The molecule has 0 bridgehead atoms. The molecule has 0 saturated carbocycles. The molecule has 1 aromatic heterocycles. The smallest absolute Gasteiger partial charge is 0.175 e. The highest BCUT2D eigenvalue weighted by molar-refractivity contribution is 6.01. The normalized spacial score (nSPS) is 17.5. The van der Waals surface area contributed by atoms with E-state index < -0.39 is 0 Å². The summed E-state index contributed by atoms with van der Waals surface area (Å²) in [4.78, 5) is 8.61. The lowest BCUT2D eigenvalue weighted by Crippen LogP contribution is -2.47. The molecule has 0 unspecified atom stereocenters. The number of nitrogens with two attached hydrogens (primary N) is 1. The molecule has 2 rings (SSSR count). The van der Waals surface area contributed by atoms with Crippen LogP contribution in [0.1, 0.15) is 31.9 Å². The van der Waals surface area contributed by atoms with Gasteiger partial charge in [-0.1, -0.05) is 13.8 Å². The van der Waals surface area contributed by atoms with Crippen LogP contribution in [0.15, 0.2) is 11.1 Å². The number of H-pyrrole nitrogens is 1. The SMILES string of the molecule is CC(C)c1cc(N=C(N)CC(=N)N2CCN(C)CC2)n[nH]1. The number of aromatic nitrogens is 2. The van der Waals surface area contributed by atoms with E-state index in [1.807, 2.05) is 6.07 Å². The minimum atomic E-state index is 0.369. The van der Waals surface area contributed by atoms with Crippen molar-refractivity contribution < 1.29 is 0 Å². The van der Waals surface area contributed by atoms with E-state index in [-0.39, 0.29) is 0 Å².